The van der Waals surface area contributed by atoms with Crippen LogP contribution < -0.4 is 19.1 Å². The van der Waals surface area contributed by atoms with Gasteiger partial charge < -0.3 is 14.8 Å². The first kappa shape index (κ1) is 27.4. The largest absolute Gasteiger partial charge is 0.497 e. The van der Waals surface area contributed by atoms with Gasteiger partial charge >= 0.3 is 0 Å². The molecule has 192 valence electrons. The molecular weight excluding hydrogens is 500 g/mol. The molecule has 9 heteroatoms. The van der Waals surface area contributed by atoms with E-state index in [2.05, 4.69) is 19.2 Å². The van der Waals surface area contributed by atoms with E-state index >= 15 is 0 Å². The Hall–Kier alpha value is -3.23. The first-order valence-electron chi connectivity index (χ1n) is 11.5. The maximum atomic E-state index is 13.6. The Bertz CT molecular complexity index is 1270. The average molecular weight is 531 g/mol. The van der Waals surface area contributed by atoms with E-state index in [0.29, 0.717) is 23.8 Å². The summed E-state index contributed by atoms with van der Waals surface area (Å²) in [6.07, 6.45) is 0.678. The van der Waals surface area contributed by atoms with Crippen LogP contribution in [0, 0.1) is 5.92 Å². The third-order valence-electron chi connectivity index (χ3n) is 5.60. The van der Waals surface area contributed by atoms with Gasteiger partial charge in [-0.05, 0) is 60.4 Å². The quantitative estimate of drug-likeness (QED) is 0.356. The van der Waals surface area contributed by atoms with E-state index in [0.717, 1.165) is 9.87 Å². The van der Waals surface area contributed by atoms with Gasteiger partial charge in [-0.1, -0.05) is 55.8 Å². The molecule has 36 heavy (non-hydrogen) atoms. The fourth-order valence-electron chi connectivity index (χ4n) is 3.80. The number of hydrogen-bond acceptors (Lipinski definition) is 5. The van der Waals surface area contributed by atoms with E-state index in [9.17, 15) is 13.2 Å². The summed E-state index contributed by atoms with van der Waals surface area (Å²) >= 11 is 6.30. The Morgan fingerprint density at radius 2 is 1.64 bits per heavy atom. The zero-order valence-corrected chi connectivity index (χ0v) is 22.3. The average Bonchev–Trinajstić information content (AvgIpc) is 2.87. The lowest BCUT2D eigenvalue weighted by Gasteiger charge is -2.27. The minimum Gasteiger partial charge on any atom is -0.497 e. The highest BCUT2D eigenvalue weighted by molar-refractivity contribution is 7.92. The van der Waals surface area contributed by atoms with E-state index in [1.54, 1.807) is 37.4 Å². The van der Waals surface area contributed by atoms with Gasteiger partial charge in [0.15, 0.2) is 0 Å². The van der Waals surface area contributed by atoms with Crippen molar-refractivity contribution in [1.29, 1.82) is 0 Å². The number of rotatable bonds is 11. The van der Waals surface area contributed by atoms with Crippen molar-refractivity contribution < 1.29 is 22.7 Å². The molecule has 0 heterocycles. The Labute approximate surface area is 218 Å². The van der Waals surface area contributed by atoms with Crippen LogP contribution in [0.3, 0.4) is 0 Å². The van der Waals surface area contributed by atoms with Gasteiger partial charge in [0.05, 0.1) is 35.9 Å². The highest BCUT2D eigenvalue weighted by atomic mass is 35.5. The van der Waals surface area contributed by atoms with Crippen LogP contribution in [0.1, 0.15) is 31.9 Å². The maximum Gasteiger partial charge on any atom is 0.264 e. The number of amides is 1. The zero-order chi connectivity index (χ0) is 26.3. The number of hydrogen-bond donors (Lipinski definition) is 1. The first-order valence-corrected chi connectivity index (χ1v) is 13.3. The summed E-state index contributed by atoms with van der Waals surface area (Å²) in [6, 6.07) is 19.7. The second kappa shape index (κ2) is 12.1. The topological polar surface area (TPSA) is 84.9 Å². The molecule has 0 radical (unpaired) electrons. The fourth-order valence-corrected chi connectivity index (χ4v) is 5.49. The van der Waals surface area contributed by atoms with Gasteiger partial charge in [0.1, 0.15) is 18.0 Å². The smallest absolute Gasteiger partial charge is 0.264 e. The molecule has 0 spiro atoms. The molecular formula is C27H31ClN2O5S. The third kappa shape index (κ3) is 6.71. The van der Waals surface area contributed by atoms with Crippen LogP contribution in [0.2, 0.25) is 5.02 Å². The summed E-state index contributed by atoms with van der Waals surface area (Å²) in [4.78, 5) is 13.4. The third-order valence-corrected chi connectivity index (χ3v) is 7.69. The van der Waals surface area contributed by atoms with Gasteiger partial charge in [-0.3, -0.25) is 9.10 Å². The van der Waals surface area contributed by atoms with Gasteiger partial charge in [-0.25, -0.2) is 8.42 Å². The second-order valence-corrected chi connectivity index (χ2v) is 10.9. The predicted molar refractivity (Wildman–Crippen MR) is 142 cm³/mol. The number of carbonyl (C=O) groups excluding carboxylic acids is 1. The van der Waals surface area contributed by atoms with Crippen LogP contribution >= 0.6 is 11.6 Å². The van der Waals surface area contributed by atoms with E-state index in [1.807, 2.05) is 24.3 Å². The SMILES string of the molecule is COc1ccc([C@@H](CC(C)C)NC(=O)CN(c2ccc(OC)c(Cl)c2)S(=O)(=O)c2ccccc2)cc1. The van der Waals surface area contributed by atoms with Crippen molar-refractivity contribution in [2.24, 2.45) is 5.92 Å². The summed E-state index contributed by atoms with van der Waals surface area (Å²) in [6.45, 7) is 3.70. The summed E-state index contributed by atoms with van der Waals surface area (Å²) in [5.74, 6) is 0.966. The van der Waals surface area contributed by atoms with E-state index in [1.165, 1.54) is 25.3 Å². The lowest BCUT2D eigenvalue weighted by Crippen LogP contribution is -2.42. The molecule has 0 aromatic heterocycles. The Balaban J connectivity index is 1.94. The molecule has 7 nitrogen and oxygen atoms in total. The Morgan fingerprint density at radius 1 is 0.972 bits per heavy atom. The van der Waals surface area contributed by atoms with Crippen molar-refractivity contribution in [2.75, 3.05) is 25.1 Å². The summed E-state index contributed by atoms with van der Waals surface area (Å²) < 4.78 is 38.7. The molecule has 1 N–H and O–H groups in total. The minimum absolute atomic E-state index is 0.0682. The van der Waals surface area contributed by atoms with Gasteiger partial charge in [-0.2, -0.15) is 0 Å². The number of ether oxygens (including phenoxy) is 2. The van der Waals surface area contributed by atoms with Crippen molar-refractivity contribution in [3.05, 3.63) is 83.4 Å². The lowest BCUT2D eigenvalue weighted by molar-refractivity contribution is -0.120. The second-order valence-electron chi connectivity index (χ2n) is 8.67. The molecule has 0 saturated carbocycles. The van der Waals surface area contributed by atoms with Crippen LogP contribution in [-0.4, -0.2) is 35.1 Å². The Morgan fingerprint density at radius 3 is 2.19 bits per heavy atom. The number of anilines is 1. The molecule has 0 unspecified atom stereocenters. The normalized spacial score (nSPS) is 12.2. The van der Waals surface area contributed by atoms with Gasteiger partial charge in [-0.15, -0.1) is 0 Å². The van der Waals surface area contributed by atoms with Crippen LogP contribution in [-0.2, 0) is 14.8 Å². The maximum absolute atomic E-state index is 13.6. The van der Waals surface area contributed by atoms with Crippen molar-refractivity contribution in [3.63, 3.8) is 0 Å². The number of nitrogens with one attached hydrogen (secondary N) is 1. The standard InChI is InChI=1S/C27H31ClN2O5S/c1-19(2)16-25(20-10-13-22(34-3)14-11-20)29-27(31)18-30(21-12-15-26(35-4)24(28)17-21)36(32,33)23-8-6-5-7-9-23/h5-15,17,19,25H,16,18H2,1-4H3,(H,29,31)/t25-/m1/s1. The van der Waals surface area contributed by atoms with E-state index in [-0.39, 0.29) is 21.6 Å². The van der Waals surface area contributed by atoms with Gasteiger partial charge in [0, 0.05) is 0 Å². The van der Waals surface area contributed by atoms with E-state index < -0.39 is 22.5 Å². The monoisotopic (exact) mass is 530 g/mol. The molecule has 3 aromatic rings. The molecule has 0 aliphatic rings. The van der Waals surface area contributed by atoms with Crippen molar-refractivity contribution in [2.45, 2.75) is 31.2 Å². The predicted octanol–water partition coefficient (Wildman–Crippen LogP) is 5.46. The highest BCUT2D eigenvalue weighted by Gasteiger charge is 2.29. The van der Waals surface area contributed by atoms with Crippen LogP contribution in [0.25, 0.3) is 0 Å². The minimum atomic E-state index is -4.06. The molecule has 0 aliphatic heterocycles. The van der Waals surface area contributed by atoms with E-state index in [4.69, 9.17) is 21.1 Å². The summed E-state index contributed by atoms with van der Waals surface area (Å²) in [7, 11) is -0.996. The molecule has 0 saturated heterocycles. The highest BCUT2D eigenvalue weighted by Crippen LogP contribution is 2.32. The van der Waals surface area contributed by atoms with Crippen molar-refractivity contribution >= 4 is 33.2 Å². The Kier molecular flexibility index (Phi) is 9.23. The fraction of sp³-hybridized carbons (Fsp3) is 0.296. The number of sulfonamides is 1. The van der Waals surface area contributed by atoms with Crippen LogP contribution in [0.4, 0.5) is 5.69 Å². The number of halogens is 1. The van der Waals surface area contributed by atoms with Crippen molar-refractivity contribution in [3.8, 4) is 11.5 Å². The molecule has 0 bridgehead atoms. The van der Waals surface area contributed by atoms with Gasteiger partial charge in [0.2, 0.25) is 5.91 Å². The first-order chi connectivity index (χ1) is 17.1. The van der Waals surface area contributed by atoms with Crippen LogP contribution in [0.15, 0.2) is 77.7 Å². The lowest BCUT2D eigenvalue weighted by atomic mass is 9.97. The van der Waals surface area contributed by atoms with Gasteiger partial charge in [0.25, 0.3) is 10.0 Å². The number of methoxy groups -OCH3 is 2. The molecule has 3 rings (SSSR count). The molecule has 1 amide bonds. The number of benzene rings is 3. The number of nitrogens with zero attached hydrogens (tertiary/aromatic N) is 1. The summed E-state index contributed by atoms with van der Waals surface area (Å²) in [5, 5.41) is 3.26. The molecule has 1 atom stereocenters. The summed E-state index contributed by atoms with van der Waals surface area (Å²) in [5.41, 5.74) is 1.16. The number of carbonyl (C=O) groups is 1. The zero-order valence-electron chi connectivity index (χ0n) is 20.8. The molecule has 0 fully saturated rings. The molecule has 0 aliphatic carbocycles. The van der Waals surface area contributed by atoms with Crippen LogP contribution in [0.5, 0.6) is 11.5 Å². The van der Waals surface area contributed by atoms with Crippen molar-refractivity contribution in [1.82, 2.24) is 5.32 Å². The molecule has 3 aromatic carbocycles.